The van der Waals surface area contributed by atoms with Crippen LogP contribution >= 0.6 is 0 Å². The summed E-state index contributed by atoms with van der Waals surface area (Å²) in [4.78, 5) is 16.9. The number of rotatable bonds is 8. The molecule has 2 saturated carbocycles. The summed E-state index contributed by atoms with van der Waals surface area (Å²) in [6.45, 7) is 8.86. The highest BCUT2D eigenvalue weighted by Gasteiger charge is 2.37. The fourth-order valence-electron chi connectivity index (χ4n) is 3.19. The van der Waals surface area contributed by atoms with Crippen LogP contribution in [0.2, 0.25) is 0 Å². The summed E-state index contributed by atoms with van der Waals surface area (Å²) in [5.74, 6) is 0.777. The lowest BCUT2D eigenvalue weighted by Crippen LogP contribution is -2.56. The molecule has 5 nitrogen and oxygen atoms in total. The lowest BCUT2D eigenvalue weighted by molar-refractivity contribution is -0.124. The van der Waals surface area contributed by atoms with Gasteiger partial charge < -0.3 is 20.9 Å². The fraction of sp³-hybridized carbons (Fsp3) is 0.938. The van der Waals surface area contributed by atoms with Crippen molar-refractivity contribution >= 4 is 5.91 Å². The maximum atomic E-state index is 11.8. The van der Waals surface area contributed by atoms with E-state index in [9.17, 15) is 4.79 Å². The van der Waals surface area contributed by atoms with Gasteiger partial charge in [-0.25, -0.2) is 0 Å². The molecule has 1 saturated heterocycles. The van der Waals surface area contributed by atoms with E-state index in [1.807, 2.05) is 6.92 Å². The molecule has 2 aliphatic carbocycles. The topological polar surface area (TPSA) is 61.6 Å². The van der Waals surface area contributed by atoms with E-state index in [2.05, 4.69) is 15.1 Å². The smallest absolute Gasteiger partial charge is 0.237 e. The summed E-state index contributed by atoms with van der Waals surface area (Å²) >= 11 is 0. The highest BCUT2D eigenvalue weighted by atomic mass is 16.1. The molecule has 1 atom stereocenters. The number of nitrogens with two attached hydrogens (primary N) is 1. The van der Waals surface area contributed by atoms with Gasteiger partial charge in [-0.2, -0.15) is 0 Å². The van der Waals surface area contributed by atoms with Crippen molar-refractivity contribution in [1.29, 1.82) is 0 Å². The zero-order chi connectivity index (χ0) is 14.9. The van der Waals surface area contributed by atoms with Gasteiger partial charge in [0.15, 0.2) is 0 Å². The molecule has 1 unspecified atom stereocenters. The van der Waals surface area contributed by atoms with Gasteiger partial charge in [-0.1, -0.05) is 0 Å². The number of hydrogen-bond donors (Lipinski definition) is 2. The highest BCUT2D eigenvalue weighted by Crippen LogP contribution is 2.30. The fourth-order valence-corrected chi connectivity index (χ4v) is 3.19. The summed E-state index contributed by atoms with van der Waals surface area (Å²) in [5, 5.41) is 3.44. The van der Waals surface area contributed by atoms with E-state index >= 15 is 0 Å². The molecular weight excluding hydrogens is 264 g/mol. The van der Waals surface area contributed by atoms with Crippen LogP contribution in [0, 0.1) is 5.92 Å². The van der Waals surface area contributed by atoms with Crippen molar-refractivity contribution in [3.8, 4) is 0 Å². The summed E-state index contributed by atoms with van der Waals surface area (Å²) in [6, 6.07) is 0.512. The van der Waals surface area contributed by atoms with Gasteiger partial charge in [0.05, 0.1) is 5.54 Å². The van der Waals surface area contributed by atoms with Crippen molar-refractivity contribution in [3.63, 3.8) is 0 Å². The minimum Gasteiger partial charge on any atom is -0.368 e. The molecule has 0 aromatic rings. The monoisotopic (exact) mass is 294 g/mol. The number of primary amides is 1. The zero-order valence-electron chi connectivity index (χ0n) is 13.3. The van der Waals surface area contributed by atoms with Gasteiger partial charge in [-0.05, 0) is 44.9 Å². The Hall–Kier alpha value is -0.650. The molecule has 0 bridgehead atoms. The van der Waals surface area contributed by atoms with Crippen molar-refractivity contribution < 1.29 is 4.79 Å². The molecule has 120 valence electrons. The van der Waals surface area contributed by atoms with E-state index in [1.54, 1.807) is 0 Å². The second-order valence-corrected chi connectivity index (χ2v) is 7.45. The Kier molecular flexibility index (Phi) is 4.52. The number of amides is 1. The number of carbonyl (C=O) groups excluding carboxylic acids is 1. The van der Waals surface area contributed by atoms with Crippen LogP contribution in [-0.2, 0) is 4.79 Å². The largest absolute Gasteiger partial charge is 0.368 e. The highest BCUT2D eigenvalue weighted by molar-refractivity contribution is 5.84. The Morgan fingerprint density at radius 3 is 2.29 bits per heavy atom. The van der Waals surface area contributed by atoms with Crippen molar-refractivity contribution in [1.82, 2.24) is 15.1 Å². The minimum atomic E-state index is -0.535. The lowest BCUT2D eigenvalue weighted by Gasteiger charge is -2.37. The third-order valence-corrected chi connectivity index (χ3v) is 5.25. The first-order valence-corrected chi connectivity index (χ1v) is 8.57. The maximum Gasteiger partial charge on any atom is 0.237 e. The third-order valence-electron chi connectivity index (χ3n) is 5.25. The second kappa shape index (κ2) is 6.23. The second-order valence-electron chi connectivity index (χ2n) is 7.45. The Labute approximate surface area is 128 Å². The van der Waals surface area contributed by atoms with E-state index in [4.69, 9.17) is 5.73 Å². The summed E-state index contributed by atoms with van der Waals surface area (Å²) in [7, 11) is 0. The van der Waals surface area contributed by atoms with E-state index in [0.29, 0.717) is 6.04 Å². The molecule has 5 heteroatoms. The standard InChI is InChI=1S/C16H30N4O/c1-16(15(17)21,18-14-4-5-14)6-7-19-8-10-20(11-9-19)12-13-2-3-13/h13-14,18H,2-12H2,1H3,(H2,17,21). The first kappa shape index (κ1) is 15.3. The minimum absolute atomic E-state index is 0.207. The first-order chi connectivity index (χ1) is 10.0. The molecule has 0 radical (unpaired) electrons. The van der Waals surface area contributed by atoms with Crippen molar-refractivity contribution in [2.24, 2.45) is 11.7 Å². The van der Waals surface area contributed by atoms with Crippen LogP contribution in [0.3, 0.4) is 0 Å². The van der Waals surface area contributed by atoms with Crippen LogP contribution in [0.4, 0.5) is 0 Å². The molecule has 21 heavy (non-hydrogen) atoms. The lowest BCUT2D eigenvalue weighted by atomic mass is 9.96. The van der Waals surface area contributed by atoms with Crippen molar-refractivity contribution in [2.75, 3.05) is 39.3 Å². The molecule has 0 aromatic carbocycles. The van der Waals surface area contributed by atoms with Gasteiger partial charge >= 0.3 is 0 Å². The number of nitrogens with one attached hydrogen (secondary N) is 1. The molecule has 1 aliphatic heterocycles. The van der Waals surface area contributed by atoms with Crippen LogP contribution in [0.5, 0.6) is 0 Å². The van der Waals surface area contributed by atoms with Crippen molar-refractivity contribution in [2.45, 2.75) is 50.6 Å². The number of hydrogen-bond acceptors (Lipinski definition) is 4. The molecule has 1 amide bonds. The average molecular weight is 294 g/mol. The Balaban J connectivity index is 1.40. The van der Waals surface area contributed by atoms with Gasteiger partial charge in [0.2, 0.25) is 5.91 Å². The Bertz CT molecular complexity index is 372. The molecule has 3 N–H and O–H groups in total. The SMILES string of the molecule is CC(CCN1CCN(CC2CC2)CC1)(NC1CC1)C(N)=O. The molecule has 0 aromatic heterocycles. The first-order valence-electron chi connectivity index (χ1n) is 8.57. The molecule has 0 spiro atoms. The van der Waals surface area contributed by atoms with E-state index in [0.717, 1.165) is 32.0 Å². The van der Waals surface area contributed by atoms with E-state index in [-0.39, 0.29) is 5.91 Å². The van der Waals surface area contributed by atoms with E-state index in [1.165, 1.54) is 45.3 Å². The van der Waals surface area contributed by atoms with Gasteiger partial charge in [0.25, 0.3) is 0 Å². The van der Waals surface area contributed by atoms with Crippen LogP contribution in [0.1, 0.15) is 39.0 Å². The number of nitrogens with zero attached hydrogens (tertiary/aromatic N) is 2. The number of carbonyl (C=O) groups is 1. The summed E-state index contributed by atoms with van der Waals surface area (Å²) in [6.07, 6.45) is 6.06. The normalized spacial score (nSPS) is 27.5. The molecule has 1 heterocycles. The maximum absolute atomic E-state index is 11.8. The Morgan fingerprint density at radius 2 is 1.76 bits per heavy atom. The molecule has 3 rings (SSSR count). The quantitative estimate of drug-likeness (QED) is 0.680. The van der Waals surface area contributed by atoms with Gasteiger partial charge in [-0.3, -0.25) is 4.79 Å². The number of piperazine rings is 1. The van der Waals surface area contributed by atoms with Crippen LogP contribution in [-0.4, -0.2) is 66.6 Å². The average Bonchev–Trinajstić information content (AvgIpc) is 3.34. The summed E-state index contributed by atoms with van der Waals surface area (Å²) < 4.78 is 0. The molecule has 3 aliphatic rings. The predicted octanol–water partition coefficient (Wildman–Crippen LogP) is 0.400. The van der Waals surface area contributed by atoms with Crippen LogP contribution < -0.4 is 11.1 Å². The van der Waals surface area contributed by atoms with Crippen LogP contribution in [0.25, 0.3) is 0 Å². The van der Waals surface area contributed by atoms with Gasteiger partial charge in [0, 0.05) is 45.3 Å². The third kappa shape index (κ3) is 4.41. The predicted molar refractivity (Wildman–Crippen MR) is 84.0 cm³/mol. The zero-order valence-corrected chi connectivity index (χ0v) is 13.3. The van der Waals surface area contributed by atoms with E-state index < -0.39 is 5.54 Å². The van der Waals surface area contributed by atoms with Gasteiger partial charge in [0.1, 0.15) is 0 Å². The van der Waals surface area contributed by atoms with Crippen LogP contribution in [0.15, 0.2) is 0 Å². The van der Waals surface area contributed by atoms with Gasteiger partial charge in [-0.15, -0.1) is 0 Å². The van der Waals surface area contributed by atoms with Crippen molar-refractivity contribution in [3.05, 3.63) is 0 Å². The summed E-state index contributed by atoms with van der Waals surface area (Å²) in [5.41, 5.74) is 5.08. The molecular formula is C16H30N4O. The Morgan fingerprint density at radius 1 is 1.14 bits per heavy atom. The molecule has 3 fully saturated rings.